The zero-order chi connectivity index (χ0) is 11.8. The maximum Gasteiger partial charge on any atom is 0.225 e. The lowest BCUT2D eigenvalue weighted by Crippen LogP contribution is -2.23. The summed E-state index contributed by atoms with van der Waals surface area (Å²) < 4.78 is 0. The topological polar surface area (TPSA) is 29.0 Å². The molecule has 1 aliphatic heterocycles. The van der Waals surface area contributed by atoms with Gasteiger partial charge in [-0.1, -0.05) is 22.9 Å². The molecule has 3 rings (SSSR count). The molecule has 2 heterocycles. The molecule has 2 fully saturated rings. The lowest BCUT2D eigenvalue weighted by atomic mass is 10.0. The molecule has 1 aromatic heterocycles. The number of halogens is 1. The van der Waals surface area contributed by atoms with Crippen LogP contribution in [0.1, 0.15) is 25.3 Å². The Kier molecular flexibility index (Phi) is 3.07. The second kappa shape index (κ2) is 4.56. The number of hydrogen-bond acceptors (Lipinski definition) is 3. The van der Waals surface area contributed by atoms with Crippen molar-refractivity contribution in [1.29, 1.82) is 0 Å². The maximum absolute atomic E-state index is 4.48. The standard InChI is InChI=1S/C13H18BrN3/c1-2-9-5-15-13(16-6-9)17-7-10-3-12(14)4-11(10)8-17/h5-6,10-12H,2-4,7-8H2,1H3/t10-,11+,12?. The third kappa shape index (κ3) is 2.19. The first-order chi connectivity index (χ1) is 8.26. The zero-order valence-corrected chi connectivity index (χ0v) is 11.7. The number of aromatic nitrogens is 2. The molecule has 1 saturated heterocycles. The summed E-state index contributed by atoms with van der Waals surface area (Å²) >= 11 is 3.74. The molecule has 0 radical (unpaired) electrons. The number of anilines is 1. The fourth-order valence-corrected chi connectivity index (χ4v) is 4.04. The molecular weight excluding hydrogens is 278 g/mol. The molecule has 2 aliphatic rings. The molecule has 0 amide bonds. The van der Waals surface area contributed by atoms with E-state index in [1.54, 1.807) is 0 Å². The molecule has 1 aliphatic carbocycles. The quantitative estimate of drug-likeness (QED) is 0.786. The molecule has 1 unspecified atom stereocenters. The van der Waals surface area contributed by atoms with E-state index in [1.807, 2.05) is 12.4 Å². The highest BCUT2D eigenvalue weighted by Gasteiger charge is 2.40. The molecular formula is C13H18BrN3. The largest absolute Gasteiger partial charge is 0.340 e. The van der Waals surface area contributed by atoms with Gasteiger partial charge in [0.15, 0.2) is 0 Å². The van der Waals surface area contributed by atoms with Crippen molar-refractivity contribution >= 4 is 21.9 Å². The fourth-order valence-electron chi connectivity index (χ4n) is 3.08. The van der Waals surface area contributed by atoms with Crippen LogP contribution in [0.2, 0.25) is 0 Å². The molecule has 0 N–H and O–H groups in total. The van der Waals surface area contributed by atoms with Crippen LogP contribution in [0.3, 0.4) is 0 Å². The summed E-state index contributed by atoms with van der Waals surface area (Å²) in [6.07, 6.45) is 7.56. The maximum atomic E-state index is 4.48. The molecule has 17 heavy (non-hydrogen) atoms. The number of alkyl halides is 1. The molecule has 3 nitrogen and oxygen atoms in total. The Labute approximate surface area is 111 Å². The van der Waals surface area contributed by atoms with Crippen LogP contribution in [-0.2, 0) is 6.42 Å². The average molecular weight is 296 g/mol. The van der Waals surface area contributed by atoms with Crippen LogP contribution in [0, 0.1) is 11.8 Å². The van der Waals surface area contributed by atoms with Crippen molar-refractivity contribution in [3.8, 4) is 0 Å². The Hall–Kier alpha value is -0.640. The van der Waals surface area contributed by atoms with Gasteiger partial charge in [0.05, 0.1) is 0 Å². The van der Waals surface area contributed by atoms with Crippen LogP contribution in [0.5, 0.6) is 0 Å². The SMILES string of the molecule is CCc1cnc(N2C[C@H]3CC(Br)C[C@H]3C2)nc1. The first-order valence-electron chi connectivity index (χ1n) is 6.46. The third-order valence-electron chi connectivity index (χ3n) is 4.08. The van der Waals surface area contributed by atoms with Crippen LogP contribution in [0.4, 0.5) is 5.95 Å². The molecule has 1 aromatic rings. The minimum atomic E-state index is 0.739. The first kappa shape index (κ1) is 11.5. The second-order valence-electron chi connectivity index (χ2n) is 5.24. The van der Waals surface area contributed by atoms with Crippen molar-refractivity contribution in [2.45, 2.75) is 31.0 Å². The summed E-state index contributed by atoms with van der Waals surface area (Å²) in [6.45, 7) is 4.41. The summed E-state index contributed by atoms with van der Waals surface area (Å²) in [5.74, 6) is 2.60. The molecule has 3 atom stereocenters. The van der Waals surface area contributed by atoms with Crippen molar-refractivity contribution in [1.82, 2.24) is 9.97 Å². The molecule has 0 bridgehead atoms. The fraction of sp³-hybridized carbons (Fsp3) is 0.692. The Morgan fingerprint density at radius 1 is 1.24 bits per heavy atom. The predicted molar refractivity (Wildman–Crippen MR) is 72.6 cm³/mol. The summed E-state index contributed by atoms with van der Waals surface area (Å²) in [5, 5.41) is 0. The number of hydrogen-bond donors (Lipinski definition) is 0. The number of fused-ring (bicyclic) bond motifs is 1. The summed E-state index contributed by atoms with van der Waals surface area (Å²) in [4.78, 5) is 12.1. The highest BCUT2D eigenvalue weighted by molar-refractivity contribution is 9.09. The van der Waals surface area contributed by atoms with Crippen molar-refractivity contribution in [3.05, 3.63) is 18.0 Å². The minimum Gasteiger partial charge on any atom is -0.340 e. The lowest BCUT2D eigenvalue weighted by Gasteiger charge is -2.17. The van der Waals surface area contributed by atoms with Crippen molar-refractivity contribution < 1.29 is 0 Å². The van der Waals surface area contributed by atoms with Crippen molar-refractivity contribution in [2.75, 3.05) is 18.0 Å². The van der Waals surface area contributed by atoms with E-state index in [4.69, 9.17) is 0 Å². The Bertz CT molecular complexity index is 378. The molecule has 92 valence electrons. The van der Waals surface area contributed by atoms with E-state index < -0.39 is 0 Å². The lowest BCUT2D eigenvalue weighted by molar-refractivity contribution is 0.494. The van der Waals surface area contributed by atoms with Crippen molar-refractivity contribution in [3.63, 3.8) is 0 Å². The first-order valence-corrected chi connectivity index (χ1v) is 7.37. The van der Waals surface area contributed by atoms with Gasteiger partial charge < -0.3 is 4.90 Å². The van der Waals surface area contributed by atoms with Gasteiger partial charge in [-0.25, -0.2) is 9.97 Å². The van der Waals surface area contributed by atoms with Gasteiger partial charge in [-0.2, -0.15) is 0 Å². The van der Waals surface area contributed by atoms with Crippen LogP contribution >= 0.6 is 15.9 Å². The zero-order valence-electron chi connectivity index (χ0n) is 10.1. The Morgan fingerprint density at radius 2 is 1.82 bits per heavy atom. The van der Waals surface area contributed by atoms with E-state index in [0.29, 0.717) is 0 Å². The number of rotatable bonds is 2. The molecule has 0 spiro atoms. The van der Waals surface area contributed by atoms with Crippen LogP contribution in [0.15, 0.2) is 12.4 Å². The smallest absolute Gasteiger partial charge is 0.225 e. The molecule has 4 heteroatoms. The summed E-state index contributed by atoms with van der Waals surface area (Å²) in [7, 11) is 0. The number of nitrogens with zero attached hydrogens (tertiary/aromatic N) is 3. The second-order valence-corrected chi connectivity index (χ2v) is 6.53. The normalized spacial score (nSPS) is 31.9. The van der Waals surface area contributed by atoms with Gasteiger partial charge in [-0.3, -0.25) is 0 Å². The van der Waals surface area contributed by atoms with Gasteiger partial charge in [-0.15, -0.1) is 0 Å². The van der Waals surface area contributed by atoms with Crippen LogP contribution in [-0.4, -0.2) is 27.9 Å². The summed E-state index contributed by atoms with van der Waals surface area (Å²) in [6, 6.07) is 0. The van der Waals surface area contributed by atoms with Gasteiger partial charge in [0, 0.05) is 30.3 Å². The predicted octanol–water partition coefficient (Wildman–Crippen LogP) is 2.65. The van der Waals surface area contributed by atoms with E-state index in [2.05, 4.69) is 37.7 Å². The van der Waals surface area contributed by atoms with Crippen LogP contribution in [0.25, 0.3) is 0 Å². The monoisotopic (exact) mass is 295 g/mol. The van der Waals surface area contributed by atoms with Gasteiger partial charge in [0.25, 0.3) is 0 Å². The van der Waals surface area contributed by atoms with Crippen molar-refractivity contribution in [2.24, 2.45) is 11.8 Å². The van der Waals surface area contributed by atoms with E-state index in [9.17, 15) is 0 Å². The minimum absolute atomic E-state index is 0.739. The molecule has 0 aromatic carbocycles. The van der Waals surface area contributed by atoms with Gasteiger partial charge in [0.2, 0.25) is 5.95 Å². The van der Waals surface area contributed by atoms with E-state index >= 15 is 0 Å². The van der Waals surface area contributed by atoms with Gasteiger partial charge in [-0.05, 0) is 36.7 Å². The highest BCUT2D eigenvalue weighted by atomic mass is 79.9. The average Bonchev–Trinajstić information content (AvgIpc) is 2.86. The highest BCUT2D eigenvalue weighted by Crippen LogP contribution is 2.41. The van der Waals surface area contributed by atoms with E-state index in [0.717, 1.165) is 42.1 Å². The Morgan fingerprint density at radius 3 is 2.35 bits per heavy atom. The summed E-state index contributed by atoms with van der Waals surface area (Å²) in [5.41, 5.74) is 1.22. The Balaban J connectivity index is 1.70. The van der Waals surface area contributed by atoms with E-state index in [-0.39, 0.29) is 0 Å². The van der Waals surface area contributed by atoms with Gasteiger partial charge in [0.1, 0.15) is 0 Å². The van der Waals surface area contributed by atoms with Gasteiger partial charge >= 0.3 is 0 Å². The third-order valence-corrected chi connectivity index (χ3v) is 4.82. The van der Waals surface area contributed by atoms with Crippen LogP contribution < -0.4 is 4.90 Å². The van der Waals surface area contributed by atoms with E-state index in [1.165, 1.54) is 18.4 Å². The molecule has 1 saturated carbocycles. The number of aryl methyl sites for hydroxylation is 1.